The van der Waals surface area contributed by atoms with Crippen molar-refractivity contribution in [3.63, 3.8) is 0 Å². The van der Waals surface area contributed by atoms with Gasteiger partial charge in [-0.1, -0.05) is 48.0 Å². The van der Waals surface area contributed by atoms with E-state index < -0.39 is 6.04 Å². The zero-order chi connectivity index (χ0) is 28.6. The summed E-state index contributed by atoms with van der Waals surface area (Å²) in [6, 6.07) is 20.5. The van der Waals surface area contributed by atoms with Gasteiger partial charge in [0.15, 0.2) is 5.11 Å². The van der Waals surface area contributed by atoms with E-state index in [4.69, 9.17) is 17.3 Å². The van der Waals surface area contributed by atoms with Gasteiger partial charge < -0.3 is 10.2 Å². The molecule has 1 N–H and O–H groups in total. The number of hydrogen-bond donors (Lipinski definition) is 1. The van der Waals surface area contributed by atoms with Crippen LogP contribution in [0.4, 0.5) is 21.5 Å². The Bertz CT molecular complexity index is 1600. The standard InChI is InChI=1S/C31H30FN5O2S/c1-19-9-15-25(16-10-19)33-31(40)37(27-17-28(38)36(30(27)39)26-8-6-5-7-20(26)2)29-21(3)34-35(22(29)4)18-23-11-13-24(32)14-12-23/h5-16,27H,17-18H2,1-4H3,(H,33,40)/t27-/m0/s1. The highest BCUT2D eigenvalue weighted by atomic mass is 32.1. The van der Waals surface area contributed by atoms with Gasteiger partial charge in [0.1, 0.15) is 11.9 Å². The van der Waals surface area contributed by atoms with Crippen LogP contribution in [0, 0.1) is 33.5 Å². The van der Waals surface area contributed by atoms with Gasteiger partial charge in [-0.2, -0.15) is 5.10 Å². The molecule has 1 aromatic heterocycles. The van der Waals surface area contributed by atoms with E-state index in [1.807, 2.05) is 70.2 Å². The van der Waals surface area contributed by atoms with E-state index in [0.717, 1.165) is 28.1 Å². The summed E-state index contributed by atoms with van der Waals surface area (Å²) in [7, 11) is 0. The molecule has 0 radical (unpaired) electrons. The number of hydrogen-bond acceptors (Lipinski definition) is 4. The molecule has 0 spiro atoms. The van der Waals surface area contributed by atoms with Gasteiger partial charge in [0.25, 0.3) is 5.91 Å². The SMILES string of the molecule is Cc1ccc(NC(=S)N(c2c(C)nn(Cc3ccc(F)cc3)c2C)[C@H]2CC(=O)N(c3ccccc3C)C2=O)cc1. The van der Waals surface area contributed by atoms with E-state index >= 15 is 0 Å². The Hall–Kier alpha value is -4.37. The second kappa shape index (κ2) is 11.0. The smallest absolute Gasteiger partial charge is 0.257 e. The first-order chi connectivity index (χ1) is 19.1. The molecule has 0 saturated carbocycles. The molecule has 1 fully saturated rings. The molecule has 9 heteroatoms. The van der Waals surface area contributed by atoms with Gasteiger partial charge in [-0.3, -0.25) is 14.3 Å². The molecule has 40 heavy (non-hydrogen) atoms. The lowest BCUT2D eigenvalue weighted by Gasteiger charge is -2.30. The maximum absolute atomic E-state index is 14.0. The summed E-state index contributed by atoms with van der Waals surface area (Å²) in [5.74, 6) is -0.946. The van der Waals surface area contributed by atoms with Crippen LogP contribution in [0.5, 0.6) is 0 Å². The molecule has 4 aromatic rings. The Balaban J connectivity index is 1.55. The highest BCUT2D eigenvalue weighted by Crippen LogP contribution is 2.34. The Kier molecular flexibility index (Phi) is 7.49. The van der Waals surface area contributed by atoms with Crippen LogP contribution in [0.15, 0.2) is 72.8 Å². The number of carbonyl (C=O) groups excluding carboxylic acids is 2. The number of para-hydroxylation sites is 1. The average molecular weight is 556 g/mol. The van der Waals surface area contributed by atoms with Crippen LogP contribution < -0.4 is 15.1 Å². The number of nitrogens with zero attached hydrogens (tertiary/aromatic N) is 4. The molecule has 0 aliphatic carbocycles. The van der Waals surface area contributed by atoms with E-state index in [1.165, 1.54) is 17.0 Å². The van der Waals surface area contributed by atoms with Gasteiger partial charge >= 0.3 is 0 Å². The first-order valence-electron chi connectivity index (χ1n) is 13.0. The van der Waals surface area contributed by atoms with Crippen molar-refractivity contribution in [2.24, 2.45) is 0 Å². The van der Waals surface area contributed by atoms with Gasteiger partial charge in [-0.15, -0.1) is 0 Å². The summed E-state index contributed by atoms with van der Waals surface area (Å²) in [4.78, 5) is 30.2. The highest BCUT2D eigenvalue weighted by molar-refractivity contribution is 7.80. The predicted molar refractivity (Wildman–Crippen MR) is 159 cm³/mol. The van der Waals surface area contributed by atoms with Gasteiger partial charge in [-0.05, 0) is 81.4 Å². The second-order valence-electron chi connectivity index (χ2n) is 10.0. The highest BCUT2D eigenvalue weighted by Gasteiger charge is 2.45. The Morgan fingerprint density at radius 1 is 1.00 bits per heavy atom. The van der Waals surface area contributed by atoms with E-state index in [-0.39, 0.29) is 29.2 Å². The molecule has 0 unspecified atom stereocenters. The topological polar surface area (TPSA) is 70.5 Å². The Labute approximate surface area is 238 Å². The van der Waals surface area contributed by atoms with Crippen LogP contribution in [0.2, 0.25) is 0 Å². The van der Waals surface area contributed by atoms with Crippen LogP contribution in [-0.4, -0.2) is 32.7 Å². The van der Waals surface area contributed by atoms with Crippen molar-refractivity contribution in [2.75, 3.05) is 15.1 Å². The number of aryl methyl sites for hydroxylation is 3. The molecule has 5 rings (SSSR count). The molecule has 1 aliphatic heterocycles. The molecule has 1 saturated heterocycles. The molecule has 0 bridgehead atoms. The number of imide groups is 1. The third-order valence-electron chi connectivity index (χ3n) is 7.14. The lowest BCUT2D eigenvalue weighted by Crippen LogP contribution is -2.48. The molecule has 2 amide bonds. The second-order valence-corrected chi connectivity index (χ2v) is 10.4. The zero-order valence-electron chi connectivity index (χ0n) is 22.8. The minimum Gasteiger partial charge on any atom is -0.332 e. The minimum atomic E-state index is -0.863. The van der Waals surface area contributed by atoms with Crippen LogP contribution in [0.3, 0.4) is 0 Å². The van der Waals surface area contributed by atoms with Gasteiger partial charge in [0.05, 0.1) is 35.7 Å². The van der Waals surface area contributed by atoms with Crippen molar-refractivity contribution in [1.82, 2.24) is 9.78 Å². The van der Waals surface area contributed by atoms with Crippen molar-refractivity contribution in [2.45, 2.75) is 46.7 Å². The summed E-state index contributed by atoms with van der Waals surface area (Å²) in [5.41, 5.74) is 6.23. The molecule has 204 valence electrons. The zero-order valence-corrected chi connectivity index (χ0v) is 23.6. The maximum Gasteiger partial charge on any atom is 0.257 e. The number of thiocarbonyl (C=S) groups is 1. The Morgan fingerprint density at radius 2 is 1.68 bits per heavy atom. The summed E-state index contributed by atoms with van der Waals surface area (Å²) in [6.07, 6.45) is -0.0368. The third kappa shape index (κ3) is 5.24. The normalized spacial score (nSPS) is 15.0. The molecule has 1 atom stereocenters. The van der Waals surface area contributed by atoms with E-state index in [0.29, 0.717) is 23.6 Å². The third-order valence-corrected chi connectivity index (χ3v) is 7.44. The summed E-state index contributed by atoms with van der Waals surface area (Å²) in [5, 5.41) is 8.29. The summed E-state index contributed by atoms with van der Waals surface area (Å²) < 4.78 is 15.3. The first-order valence-corrected chi connectivity index (χ1v) is 13.4. The maximum atomic E-state index is 14.0. The van der Waals surface area contributed by atoms with Crippen molar-refractivity contribution >= 4 is 46.2 Å². The lowest BCUT2D eigenvalue weighted by atomic mass is 10.1. The van der Waals surface area contributed by atoms with Crippen molar-refractivity contribution in [1.29, 1.82) is 0 Å². The van der Waals surface area contributed by atoms with E-state index in [1.54, 1.807) is 27.8 Å². The first kappa shape index (κ1) is 27.2. The summed E-state index contributed by atoms with van der Waals surface area (Å²) in [6.45, 7) is 8.04. The van der Waals surface area contributed by atoms with Gasteiger partial charge in [0.2, 0.25) is 5.91 Å². The number of rotatable bonds is 6. The average Bonchev–Trinajstić information content (AvgIpc) is 3.36. The lowest BCUT2D eigenvalue weighted by molar-refractivity contribution is -0.121. The Morgan fingerprint density at radius 3 is 2.35 bits per heavy atom. The van der Waals surface area contributed by atoms with Crippen LogP contribution >= 0.6 is 12.2 Å². The summed E-state index contributed by atoms with van der Waals surface area (Å²) >= 11 is 5.91. The van der Waals surface area contributed by atoms with E-state index in [9.17, 15) is 14.0 Å². The van der Waals surface area contributed by atoms with Gasteiger partial charge in [-0.25, -0.2) is 9.29 Å². The number of nitrogens with one attached hydrogen (secondary N) is 1. The molecule has 3 aromatic carbocycles. The number of benzene rings is 3. The number of anilines is 3. The fourth-order valence-electron chi connectivity index (χ4n) is 5.06. The van der Waals surface area contributed by atoms with Crippen LogP contribution in [0.1, 0.15) is 34.5 Å². The van der Waals surface area contributed by atoms with Crippen molar-refractivity contribution in [3.8, 4) is 0 Å². The molecular weight excluding hydrogens is 525 g/mol. The number of aromatic nitrogens is 2. The number of carbonyl (C=O) groups is 2. The van der Waals surface area contributed by atoms with Gasteiger partial charge in [0, 0.05) is 5.69 Å². The molecule has 2 heterocycles. The number of amides is 2. The molecule has 7 nitrogen and oxygen atoms in total. The van der Waals surface area contributed by atoms with E-state index in [2.05, 4.69) is 5.32 Å². The van der Waals surface area contributed by atoms with Crippen LogP contribution in [-0.2, 0) is 16.1 Å². The fourth-order valence-corrected chi connectivity index (χ4v) is 5.39. The largest absolute Gasteiger partial charge is 0.332 e. The number of halogens is 1. The monoisotopic (exact) mass is 555 g/mol. The predicted octanol–water partition coefficient (Wildman–Crippen LogP) is 5.84. The molecule has 1 aliphatic rings. The van der Waals surface area contributed by atoms with Crippen LogP contribution in [0.25, 0.3) is 0 Å². The quantitative estimate of drug-likeness (QED) is 0.238. The van der Waals surface area contributed by atoms with Crippen molar-refractivity contribution < 1.29 is 14.0 Å². The molecular formula is C31H30FN5O2S. The fraction of sp³-hybridized carbons (Fsp3) is 0.226. The minimum absolute atomic E-state index is 0.0368. The van der Waals surface area contributed by atoms with Crippen molar-refractivity contribution in [3.05, 3.63) is 107 Å².